The molecule has 1 aromatic rings. The van der Waals surface area contributed by atoms with E-state index >= 15 is 0 Å². The van der Waals surface area contributed by atoms with Crippen LogP contribution in [0.3, 0.4) is 0 Å². The Labute approximate surface area is 121 Å². The van der Waals surface area contributed by atoms with Crippen molar-refractivity contribution in [3.05, 3.63) is 11.9 Å². The highest BCUT2D eigenvalue weighted by atomic mass is 15.3. The van der Waals surface area contributed by atoms with E-state index in [0.29, 0.717) is 12.1 Å². The largest absolute Gasteiger partial charge is 0.352 e. The molecular formula is C16H26N4. The van der Waals surface area contributed by atoms with Crippen LogP contribution in [-0.4, -0.2) is 39.6 Å². The number of aromatic nitrogens is 2. The Morgan fingerprint density at radius 2 is 1.90 bits per heavy atom. The highest BCUT2D eigenvalue weighted by molar-refractivity contribution is 5.32. The van der Waals surface area contributed by atoms with E-state index in [-0.39, 0.29) is 0 Å². The lowest BCUT2D eigenvalue weighted by Crippen LogP contribution is -2.28. The molecule has 1 aliphatic heterocycles. The molecule has 0 spiro atoms. The van der Waals surface area contributed by atoms with Gasteiger partial charge in [0.25, 0.3) is 0 Å². The first-order chi connectivity index (χ1) is 9.79. The van der Waals surface area contributed by atoms with Gasteiger partial charge in [-0.3, -0.25) is 4.90 Å². The number of likely N-dealkylation sites (tertiary alicyclic amines) is 1. The van der Waals surface area contributed by atoms with Gasteiger partial charge in [-0.2, -0.15) is 0 Å². The molecule has 0 aromatic carbocycles. The van der Waals surface area contributed by atoms with Crippen molar-refractivity contribution in [2.75, 3.05) is 18.4 Å². The van der Waals surface area contributed by atoms with Crippen molar-refractivity contribution in [3.63, 3.8) is 0 Å². The number of hydrogen-bond donors (Lipinski definition) is 1. The van der Waals surface area contributed by atoms with Gasteiger partial charge in [0, 0.05) is 37.4 Å². The molecule has 1 atom stereocenters. The quantitative estimate of drug-likeness (QED) is 0.916. The van der Waals surface area contributed by atoms with Gasteiger partial charge in [-0.25, -0.2) is 4.98 Å². The second kappa shape index (κ2) is 5.06. The number of aryl methyl sites for hydroxylation is 1. The van der Waals surface area contributed by atoms with Gasteiger partial charge in [0.05, 0.1) is 5.69 Å². The summed E-state index contributed by atoms with van der Waals surface area (Å²) in [4.78, 5) is 7.40. The van der Waals surface area contributed by atoms with E-state index in [2.05, 4.69) is 27.9 Å². The van der Waals surface area contributed by atoms with Gasteiger partial charge in [-0.1, -0.05) is 12.8 Å². The first kappa shape index (κ1) is 12.7. The van der Waals surface area contributed by atoms with Crippen LogP contribution in [0.5, 0.6) is 0 Å². The SMILES string of the molecule is Cc1cn(C2CCCC2)c(NC2CCN(C3CC3)C2)n1. The van der Waals surface area contributed by atoms with E-state index in [4.69, 9.17) is 4.98 Å². The number of hydrogen-bond acceptors (Lipinski definition) is 3. The molecule has 110 valence electrons. The van der Waals surface area contributed by atoms with Gasteiger partial charge >= 0.3 is 0 Å². The van der Waals surface area contributed by atoms with E-state index in [1.807, 2.05) is 0 Å². The third-order valence-corrected chi connectivity index (χ3v) is 5.19. The first-order valence-corrected chi connectivity index (χ1v) is 8.35. The molecule has 0 bridgehead atoms. The van der Waals surface area contributed by atoms with Crippen molar-refractivity contribution in [3.8, 4) is 0 Å². The van der Waals surface area contributed by atoms with Crippen LogP contribution in [0.2, 0.25) is 0 Å². The Kier molecular flexibility index (Phi) is 3.21. The molecule has 0 amide bonds. The first-order valence-electron chi connectivity index (χ1n) is 8.35. The molecule has 1 aromatic heterocycles. The fraction of sp³-hybridized carbons (Fsp3) is 0.812. The minimum absolute atomic E-state index is 0.595. The van der Waals surface area contributed by atoms with Crippen LogP contribution in [-0.2, 0) is 0 Å². The number of anilines is 1. The lowest BCUT2D eigenvalue weighted by atomic mass is 10.2. The number of imidazole rings is 1. The van der Waals surface area contributed by atoms with Gasteiger partial charge in [-0.05, 0) is 39.0 Å². The van der Waals surface area contributed by atoms with E-state index in [1.165, 1.54) is 58.0 Å². The Hall–Kier alpha value is -1.03. The van der Waals surface area contributed by atoms with Crippen LogP contribution in [0.1, 0.15) is 56.7 Å². The lowest BCUT2D eigenvalue weighted by molar-refractivity contribution is 0.325. The summed E-state index contributed by atoms with van der Waals surface area (Å²) in [5.74, 6) is 1.12. The molecule has 4 nitrogen and oxygen atoms in total. The standard InChI is InChI=1S/C16H26N4/c1-12-10-20(15-4-2-3-5-15)16(17-12)18-13-8-9-19(11-13)14-6-7-14/h10,13-15H,2-9,11H2,1H3,(H,17,18). The molecule has 4 heteroatoms. The molecule has 20 heavy (non-hydrogen) atoms. The molecular weight excluding hydrogens is 248 g/mol. The molecule has 0 radical (unpaired) electrons. The molecule has 1 saturated heterocycles. The van der Waals surface area contributed by atoms with Gasteiger partial charge in [0.2, 0.25) is 5.95 Å². The summed E-state index contributed by atoms with van der Waals surface area (Å²) in [5, 5.41) is 3.73. The maximum Gasteiger partial charge on any atom is 0.203 e. The van der Waals surface area contributed by atoms with Crippen LogP contribution < -0.4 is 5.32 Å². The average molecular weight is 274 g/mol. The summed E-state index contributed by atoms with van der Waals surface area (Å²) in [6.07, 6.45) is 11.7. The van der Waals surface area contributed by atoms with Gasteiger partial charge in [-0.15, -0.1) is 0 Å². The zero-order valence-corrected chi connectivity index (χ0v) is 12.5. The highest BCUT2D eigenvalue weighted by Crippen LogP contribution is 2.33. The molecule has 2 aliphatic carbocycles. The summed E-state index contributed by atoms with van der Waals surface area (Å²) in [7, 11) is 0. The maximum atomic E-state index is 4.74. The van der Waals surface area contributed by atoms with Crippen molar-refractivity contribution >= 4 is 5.95 Å². The second-order valence-electron chi connectivity index (χ2n) is 6.91. The second-order valence-corrected chi connectivity index (χ2v) is 6.91. The van der Waals surface area contributed by atoms with E-state index < -0.39 is 0 Å². The molecule has 1 N–H and O–H groups in total. The molecule has 3 fully saturated rings. The Balaban J connectivity index is 1.45. The van der Waals surface area contributed by atoms with E-state index in [9.17, 15) is 0 Å². The zero-order valence-electron chi connectivity index (χ0n) is 12.5. The van der Waals surface area contributed by atoms with Crippen molar-refractivity contribution in [1.82, 2.24) is 14.5 Å². The van der Waals surface area contributed by atoms with Crippen molar-refractivity contribution in [2.24, 2.45) is 0 Å². The van der Waals surface area contributed by atoms with Gasteiger partial charge in [0.1, 0.15) is 0 Å². The normalized spacial score (nSPS) is 28.4. The number of rotatable bonds is 4. The molecule has 1 unspecified atom stereocenters. The summed E-state index contributed by atoms with van der Waals surface area (Å²) in [6, 6.07) is 2.18. The van der Waals surface area contributed by atoms with Crippen LogP contribution in [0.4, 0.5) is 5.95 Å². The maximum absolute atomic E-state index is 4.74. The molecule has 4 rings (SSSR count). The minimum atomic E-state index is 0.595. The van der Waals surface area contributed by atoms with E-state index in [1.54, 1.807) is 0 Å². The Morgan fingerprint density at radius 3 is 2.65 bits per heavy atom. The Morgan fingerprint density at radius 1 is 1.10 bits per heavy atom. The van der Waals surface area contributed by atoms with Crippen molar-refractivity contribution < 1.29 is 0 Å². The molecule has 3 aliphatic rings. The predicted molar refractivity (Wildman–Crippen MR) is 81.1 cm³/mol. The summed E-state index contributed by atoms with van der Waals surface area (Å²) in [5.41, 5.74) is 1.15. The summed E-state index contributed by atoms with van der Waals surface area (Å²) in [6.45, 7) is 4.59. The molecule has 2 saturated carbocycles. The lowest BCUT2D eigenvalue weighted by Gasteiger charge is -2.19. The number of nitrogens with one attached hydrogen (secondary N) is 1. The molecule has 2 heterocycles. The minimum Gasteiger partial charge on any atom is -0.352 e. The van der Waals surface area contributed by atoms with E-state index in [0.717, 1.165) is 17.7 Å². The van der Waals surface area contributed by atoms with Crippen LogP contribution in [0.25, 0.3) is 0 Å². The van der Waals surface area contributed by atoms with Crippen LogP contribution >= 0.6 is 0 Å². The van der Waals surface area contributed by atoms with Crippen LogP contribution in [0.15, 0.2) is 6.20 Å². The summed E-state index contributed by atoms with van der Waals surface area (Å²) >= 11 is 0. The Bertz CT molecular complexity index is 471. The van der Waals surface area contributed by atoms with Crippen molar-refractivity contribution in [2.45, 2.75) is 70.0 Å². The van der Waals surface area contributed by atoms with Gasteiger partial charge < -0.3 is 9.88 Å². The van der Waals surface area contributed by atoms with Gasteiger partial charge in [0.15, 0.2) is 0 Å². The average Bonchev–Trinajstić information content (AvgIpc) is 2.87. The number of nitrogens with zero attached hydrogens (tertiary/aromatic N) is 3. The van der Waals surface area contributed by atoms with Crippen molar-refractivity contribution in [1.29, 1.82) is 0 Å². The fourth-order valence-electron chi connectivity index (χ4n) is 3.94. The summed E-state index contributed by atoms with van der Waals surface area (Å²) < 4.78 is 2.42. The third kappa shape index (κ3) is 2.46. The smallest absolute Gasteiger partial charge is 0.203 e. The zero-order chi connectivity index (χ0) is 13.5. The predicted octanol–water partition coefficient (Wildman–Crippen LogP) is 2.96. The monoisotopic (exact) mass is 274 g/mol. The topological polar surface area (TPSA) is 33.1 Å². The fourth-order valence-corrected chi connectivity index (χ4v) is 3.94. The highest BCUT2D eigenvalue weighted by Gasteiger charge is 2.34. The van der Waals surface area contributed by atoms with Crippen LogP contribution in [0, 0.1) is 6.92 Å². The third-order valence-electron chi connectivity index (χ3n) is 5.19.